The number of nitrogens with two attached hydrogens (primary N) is 1. The average Bonchev–Trinajstić information content (AvgIpc) is 2.68. The number of fused-ring (bicyclic) bond motifs is 1. The van der Waals surface area contributed by atoms with E-state index in [4.69, 9.17) is 5.73 Å². The molecular formula is C22H23N5. The maximum absolute atomic E-state index is 5.90. The van der Waals surface area contributed by atoms with E-state index < -0.39 is 0 Å². The fourth-order valence-electron chi connectivity index (χ4n) is 2.65. The van der Waals surface area contributed by atoms with Crippen molar-refractivity contribution < 1.29 is 0 Å². The van der Waals surface area contributed by atoms with Gasteiger partial charge in [0.2, 0.25) is 0 Å². The minimum absolute atomic E-state index is 0.687. The number of hydrogen-bond donors (Lipinski definition) is 2. The smallest absolute Gasteiger partial charge is 0.141 e. The summed E-state index contributed by atoms with van der Waals surface area (Å²) in [5, 5.41) is 4.25. The Labute approximate surface area is 159 Å². The summed E-state index contributed by atoms with van der Waals surface area (Å²) >= 11 is 0. The van der Waals surface area contributed by atoms with Crippen LogP contribution in [0.25, 0.3) is 10.9 Å². The second-order valence-corrected chi connectivity index (χ2v) is 6.45. The average molecular weight is 357 g/mol. The summed E-state index contributed by atoms with van der Waals surface area (Å²) in [5.41, 5.74) is 11.7. The molecule has 0 fully saturated rings. The Morgan fingerprint density at radius 3 is 2.67 bits per heavy atom. The molecule has 0 bridgehead atoms. The van der Waals surface area contributed by atoms with Gasteiger partial charge in [-0.15, -0.1) is 0 Å². The van der Waals surface area contributed by atoms with Crippen molar-refractivity contribution in [1.29, 1.82) is 0 Å². The van der Waals surface area contributed by atoms with Crippen LogP contribution in [0.5, 0.6) is 0 Å². The number of nitrogens with zero attached hydrogens (tertiary/aromatic N) is 3. The van der Waals surface area contributed by atoms with Gasteiger partial charge in [-0.2, -0.15) is 0 Å². The van der Waals surface area contributed by atoms with Crippen molar-refractivity contribution in [2.75, 3.05) is 11.1 Å². The predicted octanol–water partition coefficient (Wildman–Crippen LogP) is 5.05. The zero-order valence-corrected chi connectivity index (χ0v) is 15.6. The molecule has 3 rings (SSSR count). The molecule has 136 valence electrons. The number of nitrogen functional groups attached to an aromatic ring is 1. The van der Waals surface area contributed by atoms with Gasteiger partial charge in [0, 0.05) is 28.7 Å². The topological polar surface area (TPSA) is 76.2 Å². The van der Waals surface area contributed by atoms with E-state index in [1.54, 1.807) is 12.4 Å². The molecule has 5 nitrogen and oxygen atoms in total. The van der Waals surface area contributed by atoms with Crippen molar-refractivity contribution >= 4 is 33.8 Å². The maximum atomic E-state index is 5.90. The van der Waals surface area contributed by atoms with Gasteiger partial charge in [-0.05, 0) is 62.2 Å². The molecule has 2 aromatic carbocycles. The van der Waals surface area contributed by atoms with Crippen molar-refractivity contribution in [3.8, 4) is 0 Å². The molecule has 0 saturated heterocycles. The predicted molar refractivity (Wildman–Crippen MR) is 114 cm³/mol. The van der Waals surface area contributed by atoms with Crippen molar-refractivity contribution in [3.05, 3.63) is 78.8 Å². The summed E-state index contributed by atoms with van der Waals surface area (Å²) in [6.07, 6.45) is 6.03. The van der Waals surface area contributed by atoms with Crippen LogP contribution in [0.2, 0.25) is 0 Å². The van der Waals surface area contributed by atoms with E-state index in [-0.39, 0.29) is 0 Å². The molecular weight excluding hydrogens is 334 g/mol. The third-order valence-electron chi connectivity index (χ3n) is 4.14. The second kappa shape index (κ2) is 8.27. The fourth-order valence-corrected chi connectivity index (χ4v) is 2.65. The number of allylic oxidation sites excluding steroid dienone is 2. The molecule has 0 radical (unpaired) electrons. The van der Waals surface area contributed by atoms with E-state index in [0.29, 0.717) is 5.69 Å². The summed E-state index contributed by atoms with van der Waals surface area (Å²) in [4.78, 5) is 13.0. The number of anilines is 3. The summed E-state index contributed by atoms with van der Waals surface area (Å²) < 4.78 is 0. The van der Waals surface area contributed by atoms with Crippen LogP contribution in [0.1, 0.15) is 19.4 Å². The third kappa shape index (κ3) is 4.79. The van der Waals surface area contributed by atoms with Crippen LogP contribution in [0, 0.1) is 0 Å². The Bertz CT molecular complexity index is 1020. The van der Waals surface area contributed by atoms with Crippen LogP contribution < -0.4 is 11.1 Å². The molecule has 0 aliphatic heterocycles. The van der Waals surface area contributed by atoms with Crippen LogP contribution in [0.4, 0.5) is 17.2 Å². The van der Waals surface area contributed by atoms with Crippen molar-refractivity contribution in [2.45, 2.75) is 20.3 Å². The number of rotatable bonds is 6. The van der Waals surface area contributed by atoms with Crippen LogP contribution in [0.15, 0.2) is 78.2 Å². The molecule has 0 spiro atoms. The summed E-state index contributed by atoms with van der Waals surface area (Å²) in [6, 6.07) is 13.9. The monoisotopic (exact) mass is 357 g/mol. The number of aliphatic imine (C=N–C) groups is 1. The highest BCUT2D eigenvalue weighted by atomic mass is 15.0. The normalized spacial score (nSPS) is 12.2. The van der Waals surface area contributed by atoms with Crippen LogP contribution in [-0.4, -0.2) is 15.7 Å². The molecule has 0 saturated carbocycles. The van der Waals surface area contributed by atoms with Crippen molar-refractivity contribution in [2.24, 2.45) is 4.99 Å². The molecule has 0 aliphatic carbocycles. The second-order valence-electron chi connectivity index (χ2n) is 6.45. The van der Waals surface area contributed by atoms with Gasteiger partial charge >= 0.3 is 0 Å². The Morgan fingerprint density at radius 1 is 1.15 bits per heavy atom. The molecule has 1 heterocycles. The van der Waals surface area contributed by atoms with E-state index in [1.807, 2.05) is 43.5 Å². The Kier molecular flexibility index (Phi) is 5.61. The van der Waals surface area contributed by atoms with E-state index in [0.717, 1.165) is 34.5 Å². The lowest BCUT2D eigenvalue weighted by atomic mass is 10.1. The Morgan fingerprint density at radius 2 is 1.93 bits per heavy atom. The number of benzene rings is 2. The molecule has 0 amide bonds. The van der Waals surface area contributed by atoms with Crippen molar-refractivity contribution in [3.63, 3.8) is 0 Å². The molecule has 3 N–H and O–H groups in total. The first-order chi connectivity index (χ1) is 13.0. The largest absolute Gasteiger partial charge is 0.399 e. The first-order valence-corrected chi connectivity index (χ1v) is 8.74. The van der Waals surface area contributed by atoms with Crippen molar-refractivity contribution in [1.82, 2.24) is 9.97 Å². The van der Waals surface area contributed by atoms with E-state index in [1.165, 1.54) is 11.1 Å². The molecule has 0 unspecified atom stereocenters. The summed E-state index contributed by atoms with van der Waals surface area (Å²) in [5.74, 6) is 0.741. The number of hydrogen-bond acceptors (Lipinski definition) is 5. The highest BCUT2D eigenvalue weighted by Gasteiger charge is 2.05. The number of aromatic nitrogens is 2. The zero-order chi connectivity index (χ0) is 19.2. The number of nitrogens with one attached hydrogen (secondary N) is 1. The SMILES string of the molecule is C=C/C(C)=N\C=C(/C)Cc1ccc(Nc2ncnc3ccc(N)cc23)cc1. The maximum Gasteiger partial charge on any atom is 0.141 e. The quantitative estimate of drug-likeness (QED) is 0.478. The van der Waals surface area contributed by atoms with Gasteiger partial charge in [0.25, 0.3) is 0 Å². The zero-order valence-electron chi connectivity index (χ0n) is 15.6. The van der Waals surface area contributed by atoms with Crippen LogP contribution in [0.3, 0.4) is 0 Å². The summed E-state index contributed by atoms with van der Waals surface area (Å²) in [7, 11) is 0. The minimum Gasteiger partial charge on any atom is -0.399 e. The molecule has 0 aliphatic rings. The van der Waals surface area contributed by atoms with Crippen LogP contribution in [-0.2, 0) is 6.42 Å². The van der Waals surface area contributed by atoms with Gasteiger partial charge in [-0.1, -0.05) is 24.3 Å². The molecule has 3 aromatic rings. The fraction of sp³-hybridized carbons (Fsp3) is 0.136. The Hall–Kier alpha value is -3.47. The van der Waals surface area contributed by atoms with Gasteiger partial charge in [0.05, 0.1) is 5.52 Å². The first-order valence-electron chi connectivity index (χ1n) is 8.74. The lowest BCUT2D eigenvalue weighted by Gasteiger charge is -2.10. The first kappa shape index (κ1) is 18.3. The van der Waals surface area contributed by atoms with Gasteiger partial charge in [-0.3, -0.25) is 4.99 Å². The lowest BCUT2D eigenvalue weighted by Crippen LogP contribution is -1.97. The Balaban J connectivity index is 1.75. The van der Waals surface area contributed by atoms with Gasteiger partial charge in [0.15, 0.2) is 0 Å². The van der Waals surface area contributed by atoms with Gasteiger partial charge in [-0.25, -0.2) is 9.97 Å². The highest BCUT2D eigenvalue weighted by molar-refractivity contribution is 5.93. The van der Waals surface area contributed by atoms with E-state index >= 15 is 0 Å². The van der Waals surface area contributed by atoms with Gasteiger partial charge < -0.3 is 11.1 Å². The van der Waals surface area contributed by atoms with E-state index in [9.17, 15) is 0 Å². The summed E-state index contributed by atoms with van der Waals surface area (Å²) in [6.45, 7) is 7.71. The molecule has 27 heavy (non-hydrogen) atoms. The third-order valence-corrected chi connectivity index (χ3v) is 4.14. The van der Waals surface area contributed by atoms with Gasteiger partial charge in [0.1, 0.15) is 12.1 Å². The molecule has 0 atom stereocenters. The molecule has 5 heteroatoms. The lowest BCUT2D eigenvalue weighted by molar-refractivity contribution is 1.13. The molecule has 1 aromatic heterocycles. The van der Waals surface area contributed by atoms with Crippen LogP contribution >= 0.6 is 0 Å². The minimum atomic E-state index is 0.687. The standard InChI is InChI=1S/C22H23N5/c1-4-16(3)24-13-15(2)11-17-5-8-19(9-6-17)27-22-20-12-18(23)7-10-21(20)25-14-26-22/h4-10,12-14H,1,11,23H2,2-3H3,(H,25,26,27)/b15-13+,24-16-. The highest BCUT2D eigenvalue weighted by Crippen LogP contribution is 2.25. The van der Waals surface area contributed by atoms with E-state index in [2.05, 4.69) is 45.9 Å².